The number of nitrogens with one attached hydrogen (secondary N) is 1. The molecular formula is C13H21N5OS. The Morgan fingerprint density at radius 2 is 2.20 bits per heavy atom. The SMILES string of the molecule is CCCCNC(=O)CCc1nn2c(C(C)C)nnc2s1. The van der Waals surface area contributed by atoms with E-state index in [1.807, 2.05) is 0 Å². The third-order valence-electron chi connectivity index (χ3n) is 2.99. The van der Waals surface area contributed by atoms with Crippen LogP contribution < -0.4 is 5.32 Å². The van der Waals surface area contributed by atoms with Crippen molar-refractivity contribution < 1.29 is 4.79 Å². The first-order valence-electron chi connectivity index (χ1n) is 7.09. The highest BCUT2D eigenvalue weighted by atomic mass is 32.1. The molecule has 110 valence electrons. The third-order valence-corrected chi connectivity index (χ3v) is 3.95. The molecule has 1 amide bonds. The predicted molar refractivity (Wildman–Crippen MR) is 79.0 cm³/mol. The molecule has 1 N–H and O–H groups in total. The van der Waals surface area contributed by atoms with Crippen molar-refractivity contribution in [1.82, 2.24) is 25.1 Å². The van der Waals surface area contributed by atoms with Gasteiger partial charge in [-0.05, 0) is 6.42 Å². The van der Waals surface area contributed by atoms with Crippen LogP contribution in [0.2, 0.25) is 0 Å². The number of carbonyl (C=O) groups excluding carboxylic acids is 1. The molecule has 0 unspecified atom stereocenters. The molecule has 0 aromatic carbocycles. The summed E-state index contributed by atoms with van der Waals surface area (Å²) in [4.78, 5) is 12.5. The maximum Gasteiger partial charge on any atom is 0.234 e. The van der Waals surface area contributed by atoms with E-state index >= 15 is 0 Å². The Hall–Kier alpha value is -1.50. The molecule has 0 aliphatic rings. The Morgan fingerprint density at radius 1 is 1.40 bits per heavy atom. The lowest BCUT2D eigenvalue weighted by atomic mass is 10.2. The summed E-state index contributed by atoms with van der Waals surface area (Å²) in [6, 6.07) is 0. The maximum absolute atomic E-state index is 11.7. The molecule has 0 aliphatic heterocycles. The second-order valence-electron chi connectivity index (χ2n) is 5.11. The van der Waals surface area contributed by atoms with Crippen molar-refractivity contribution in [3.8, 4) is 0 Å². The minimum absolute atomic E-state index is 0.0912. The van der Waals surface area contributed by atoms with E-state index in [0.29, 0.717) is 12.8 Å². The van der Waals surface area contributed by atoms with Gasteiger partial charge in [-0.2, -0.15) is 9.61 Å². The first kappa shape index (κ1) is 14.9. The van der Waals surface area contributed by atoms with E-state index in [1.54, 1.807) is 4.52 Å². The Kier molecular flexibility index (Phi) is 5.05. The largest absolute Gasteiger partial charge is 0.356 e. The van der Waals surface area contributed by atoms with Crippen molar-refractivity contribution in [2.24, 2.45) is 0 Å². The monoisotopic (exact) mass is 295 g/mol. The summed E-state index contributed by atoms with van der Waals surface area (Å²) < 4.78 is 1.79. The smallest absolute Gasteiger partial charge is 0.234 e. The number of nitrogens with zero attached hydrogens (tertiary/aromatic N) is 4. The zero-order valence-corrected chi connectivity index (χ0v) is 13.0. The summed E-state index contributed by atoms with van der Waals surface area (Å²) in [5, 5.41) is 16.6. The van der Waals surface area contributed by atoms with Gasteiger partial charge in [-0.1, -0.05) is 38.5 Å². The van der Waals surface area contributed by atoms with Crippen molar-refractivity contribution in [2.45, 2.75) is 52.4 Å². The molecule has 0 saturated carbocycles. The molecule has 0 fully saturated rings. The van der Waals surface area contributed by atoms with Crippen LogP contribution in [0.4, 0.5) is 0 Å². The normalized spacial score (nSPS) is 11.4. The van der Waals surface area contributed by atoms with E-state index in [4.69, 9.17) is 0 Å². The van der Waals surface area contributed by atoms with Crippen molar-refractivity contribution in [3.63, 3.8) is 0 Å². The zero-order chi connectivity index (χ0) is 14.5. The topological polar surface area (TPSA) is 72.2 Å². The highest BCUT2D eigenvalue weighted by molar-refractivity contribution is 7.16. The lowest BCUT2D eigenvalue weighted by molar-refractivity contribution is -0.121. The second kappa shape index (κ2) is 6.78. The van der Waals surface area contributed by atoms with Crippen LogP contribution in [0.25, 0.3) is 4.96 Å². The standard InChI is InChI=1S/C13H21N5OS/c1-4-5-8-14-10(19)6-7-11-17-18-12(9(2)3)15-16-13(18)20-11/h9H,4-8H2,1-3H3,(H,14,19). The Balaban J connectivity index is 1.92. The van der Waals surface area contributed by atoms with Gasteiger partial charge in [0.05, 0.1) is 0 Å². The number of hydrogen-bond donors (Lipinski definition) is 1. The molecule has 0 saturated heterocycles. The highest BCUT2D eigenvalue weighted by Gasteiger charge is 2.14. The quantitative estimate of drug-likeness (QED) is 0.794. The van der Waals surface area contributed by atoms with Gasteiger partial charge in [0.15, 0.2) is 5.82 Å². The van der Waals surface area contributed by atoms with Crippen molar-refractivity contribution >= 4 is 22.2 Å². The van der Waals surface area contributed by atoms with Gasteiger partial charge in [0, 0.05) is 25.3 Å². The average Bonchev–Trinajstić information content (AvgIpc) is 2.95. The molecule has 2 aromatic rings. The number of rotatable bonds is 7. The van der Waals surface area contributed by atoms with E-state index < -0.39 is 0 Å². The molecule has 7 heteroatoms. The van der Waals surface area contributed by atoms with E-state index in [2.05, 4.69) is 41.4 Å². The van der Waals surface area contributed by atoms with Gasteiger partial charge < -0.3 is 5.32 Å². The summed E-state index contributed by atoms with van der Waals surface area (Å²) in [6.07, 6.45) is 3.25. The van der Waals surface area contributed by atoms with Crippen molar-refractivity contribution in [1.29, 1.82) is 0 Å². The van der Waals surface area contributed by atoms with Crippen molar-refractivity contribution in [2.75, 3.05) is 6.54 Å². The lowest BCUT2D eigenvalue weighted by Gasteiger charge is -2.02. The molecule has 20 heavy (non-hydrogen) atoms. The minimum atomic E-state index is 0.0912. The van der Waals surface area contributed by atoms with E-state index in [0.717, 1.165) is 35.2 Å². The molecule has 2 aromatic heterocycles. The molecular weight excluding hydrogens is 274 g/mol. The van der Waals surface area contributed by atoms with Gasteiger partial charge in [0.1, 0.15) is 5.01 Å². The molecule has 2 heterocycles. The fraction of sp³-hybridized carbons (Fsp3) is 0.692. The first-order valence-corrected chi connectivity index (χ1v) is 7.91. The second-order valence-corrected chi connectivity index (χ2v) is 6.15. The number of unbranched alkanes of at least 4 members (excludes halogenated alkanes) is 1. The van der Waals surface area contributed by atoms with Crippen LogP contribution in [-0.2, 0) is 11.2 Å². The molecule has 0 spiro atoms. The van der Waals surface area contributed by atoms with Crippen LogP contribution in [-0.4, -0.2) is 32.3 Å². The molecule has 2 rings (SSSR count). The molecule has 6 nitrogen and oxygen atoms in total. The number of fused-ring (bicyclic) bond motifs is 1. The van der Waals surface area contributed by atoms with Crippen LogP contribution in [0.3, 0.4) is 0 Å². The molecule has 0 radical (unpaired) electrons. The lowest BCUT2D eigenvalue weighted by Crippen LogP contribution is -2.24. The van der Waals surface area contributed by atoms with Gasteiger partial charge >= 0.3 is 0 Å². The Labute approximate surface area is 122 Å². The summed E-state index contributed by atoms with van der Waals surface area (Å²) >= 11 is 1.50. The molecule has 0 atom stereocenters. The minimum Gasteiger partial charge on any atom is -0.356 e. The number of amides is 1. The third kappa shape index (κ3) is 3.53. The Morgan fingerprint density at radius 3 is 2.90 bits per heavy atom. The summed E-state index contributed by atoms with van der Waals surface area (Å²) in [5.41, 5.74) is 0. The number of aromatic nitrogens is 4. The maximum atomic E-state index is 11.7. The van der Waals surface area contributed by atoms with E-state index in [1.165, 1.54) is 11.3 Å². The van der Waals surface area contributed by atoms with Gasteiger partial charge in [0.25, 0.3) is 0 Å². The predicted octanol–water partition coefficient (Wildman–Crippen LogP) is 2.16. The van der Waals surface area contributed by atoms with Gasteiger partial charge in [-0.15, -0.1) is 10.2 Å². The fourth-order valence-corrected chi connectivity index (χ4v) is 2.69. The first-order chi connectivity index (χ1) is 9.61. The number of carbonyl (C=O) groups is 1. The van der Waals surface area contributed by atoms with Crippen LogP contribution in [0, 0.1) is 0 Å². The summed E-state index contributed by atoms with van der Waals surface area (Å²) in [7, 11) is 0. The van der Waals surface area contributed by atoms with Crippen LogP contribution in [0.1, 0.15) is 56.8 Å². The van der Waals surface area contributed by atoms with Gasteiger partial charge in [0.2, 0.25) is 10.9 Å². The number of hydrogen-bond acceptors (Lipinski definition) is 5. The number of aryl methyl sites for hydroxylation is 1. The van der Waals surface area contributed by atoms with Crippen LogP contribution in [0.15, 0.2) is 0 Å². The van der Waals surface area contributed by atoms with Crippen molar-refractivity contribution in [3.05, 3.63) is 10.8 Å². The zero-order valence-electron chi connectivity index (χ0n) is 12.2. The molecule has 0 aliphatic carbocycles. The summed E-state index contributed by atoms with van der Waals surface area (Å²) in [5.74, 6) is 1.25. The Bertz CT molecular complexity index is 574. The molecule has 0 bridgehead atoms. The summed E-state index contributed by atoms with van der Waals surface area (Å²) in [6.45, 7) is 7.00. The van der Waals surface area contributed by atoms with Gasteiger partial charge in [-0.25, -0.2) is 0 Å². The van der Waals surface area contributed by atoms with E-state index in [-0.39, 0.29) is 11.8 Å². The highest BCUT2D eigenvalue weighted by Crippen LogP contribution is 2.19. The van der Waals surface area contributed by atoms with Gasteiger partial charge in [-0.3, -0.25) is 4.79 Å². The van der Waals surface area contributed by atoms with Crippen LogP contribution in [0.5, 0.6) is 0 Å². The fourth-order valence-electron chi connectivity index (χ4n) is 1.85. The van der Waals surface area contributed by atoms with Crippen LogP contribution >= 0.6 is 11.3 Å². The van der Waals surface area contributed by atoms with E-state index in [9.17, 15) is 4.79 Å². The average molecular weight is 295 g/mol.